The van der Waals surface area contributed by atoms with E-state index >= 15 is 0 Å². The molecule has 0 spiro atoms. The molecular formula is C28H20BrCl2NO4. The summed E-state index contributed by atoms with van der Waals surface area (Å²) in [6.45, 7) is 1.52. The molecule has 36 heavy (non-hydrogen) atoms. The quantitative estimate of drug-likeness (QED) is 0.232. The monoisotopic (exact) mass is 583 g/mol. The van der Waals surface area contributed by atoms with Crippen LogP contribution in [0.15, 0.2) is 77.3 Å². The standard InChI is InChI=1S/C28H20BrCl2NO4/c1-15(26(35)36-14-16-10-12-17(29)13-11-16)32-24(33)22-23(25(32)34)28(31)19-7-3-2-6-18(19)27(22,30)20-8-4-5-9-21(20)28/h2-13,15,22-23H,14H2,1H3/t15-,22-,23+,27?,28?/m0/s1. The van der Waals surface area contributed by atoms with Gasteiger partial charge < -0.3 is 4.74 Å². The Morgan fingerprint density at radius 1 is 0.861 bits per heavy atom. The third-order valence-corrected chi connectivity index (χ3v) is 9.46. The van der Waals surface area contributed by atoms with Crippen molar-refractivity contribution in [3.05, 3.63) is 105 Å². The van der Waals surface area contributed by atoms with Crippen LogP contribution in [0.4, 0.5) is 0 Å². The van der Waals surface area contributed by atoms with Gasteiger partial charge in [0.05, 0.1) is 11.8 Å². The number of alkyl halides is 2. The molecule has 182 valence electrons. The molecule has 0 N–H and O–H groups in total. The van der Waals surface area contributed by atoms with Gasteiger partial charge in [0.1, 0.15) is 22.4 Å². The lowest BCUT2D eigenvalue weighted by atomic mass is 9.54. The summed E-state index contributed by atoms with van der Waals surface area (Å²) in [5.41, 5.74) is 3.66. The second-order valence-electron chi connectivity index (χ2n) is 9.43. The van der Waals surface area contributed by atoms with Gasteiger partial charge in [0.2, 0.25) is 11.8 Å². The van der Waals surface area contributed by atoms with Crippen LogP contribution < -0.4 is 0 Å². The summed E-state index contributed by atoms with van der Waals surface area (Å²) in [6.07, 6.45) is 0. The number of rotatable bonds is 4. The number of amides is 2. The highest BCUT2D eigenvalue weighted by Gasteiger charge is 2.73. The fourth-order valence-electron chi connectivity index (χ4n) is 6.03. The Morgan fingerprint density at radius 3 is 1.69 bits per heavy atom. The molecule has 0 unspecified atom stereocenters. The van der Waals surface area contributed by atoms with Crippen molar-refractivity contribution >= 4 is 56.9 Å². The molecule has 1 fully saturated rings. The first kappa shape index (κ1) is 23.7. The Morgan fingerprint density at radius 2 is 1.28 bits per heavy atom. The summed E-state index contributed by atoms with van der Waals surface area (Å²) >= 11 is 18.2. The van der Waals surface area contributed by atoms with Crippen LogP contribution in [0, 0.1) is 11.8 Å². The third-order valence-electron chi connectivity index (χ3n) is 7.64. The van der Waals surface area contributed by atoms with Crippen LogP contribution in [-0.2, 0) is 35.5 Å². The van der Waals surface area contributed by atoms with Gasteiger partial charge in [-0.25, -0.2) is 4.79 Å². The molecule has 1 aliphatic heterocycles. The maximum absolute atomic E-state index is 13.9. The smallest absolute Gasteiger partial charge is 0.329 e. The number of esters is 1. The van der Waals surface area contributed by atoms with Crippen molar-refractivity contribution < 1.29 is 19.1 Å². The number of carbonyl (C=O) groups excluding carboxylic acids is 3. The number of carbonyl (C=O) groups is 3. The van der Waals surface area contributed by atoms with Crippen molar-refractivity contribution in [3.8, 4) is 0 Å². The Hall–Kier alpha value is -2.67. The number of hydrogen-bond donors (Lipinski definition) is 0. The summed E-state index contributed by atoms with van der Waals surface area (Å²) in [5.74, 6) is -3.59. The van der Waals surface area contributed by atoms with Gasteiger partial charge >= 0.3 is 5.97 Å². The Kier molecular flexibility index (Phi) is 5.38. The van der Waals surface area contributed by atoms with E-state index in [4.69, 9.17) is 27.9 Å². The molecule has 0 radical (unpaired) electrons. The van der Waals surface area contributed by atoms with Gasteiger partial charge in [-0.1, -0.05) is 76.6 Å². The van der Waals surface area contributed by atoms with Gasteiger partial charge in [-0.15, -0.1) is 23.2 Å². The maximum Gasteiger partial charge on any atom is 0.329 e. The molecule has 0 saturated carbocycles. The molecule has 0 aromatic heterocycles. The summed E-state index contributed by atoms with van der Waals surface area (Å²) in [6, 6.07) is 21.1. The number of ether oxygens (including phenoxy) is 1. The van der Waals surface area contributed by atoms with Gasteiger partial charge in [0.25, 0.3) is 0 Å². The highest BCUT2D eigenvalue weighted by atomic mass is 79.9. The van der Waals surface area contributed by atoms with Crippen LogP contribution in [0.2, 0.25) is 0 Å². The lowest BCUT2D eigenvalue weighted by Crippen LogP contribution is -2.57. The molecule has 8 heteroatoms. The molecule has 1 saturated heterocycles. The fraction of sp³-hybridized carbons (Fsp3) is 0.250. The van der Waals surface area contributed by atoms with E-state index in [9.17, 15) is 14.4 Å². The fourth-order valence-corrected chi connectivity index (χ4v) is 7.39. The third kappa shape index (κ3) is 2.98. The molecule has 5 nitrogen and oxygen atoms in total. The summed E-state index contributed by atoms with van der Waals surface area (Å²) < 4.78 is 6.38. The zero-order chi connectivity index (χ0) is 25.4. The zero-order valence-electron chi connectivity index (χ0n) is 19.1. The van der Waals surface area contributed by atoms with E-state index in [0.717, 1.165) is 37.2 Å². The van der Waals surface area contributed by atoms with E-state index in [1.54, 1.807) is 0 Å². The SMILES string of the molecule is C[C@@H](C(=O)OCc1ccc(Br)cc1)N1C(=O)[C@@H]2[C@H](C1=O)C1(Cl)c3ccccc3C2(Cl)c2ccccc21. The van der Waals surface area contributed by atoms with Crippen molar-refractivity contribution in [3.63, 3.8) is 0 Å². The summed E-state index contributed by atoms with van der Waals surface area (Å²) in [7, 11) is 0. The van der Waals surface area contributed by atoms with Gasteiger partial charge in [-0.05, 0) is 46.9 Å². The molecule has 3 atom stereocenters. The molecule has 3 aromatic carbocycles. The average Bonchev–Trinajstić information content (AvgIpc) is 3.17. The molecule has 4 aliphatic rings. The molecule has 2 amide bonds. The van der Waals surface area contributed by atoms with Crippen LogP contribution in [0.1, 0.15) is 34.7 Å². The number of benzene rings is 3. The molecule has 3 aromatic rings. The van der Waals surface area contributed by atoms with Crippen molar-refractivity contribution in [1.82, 2.24) is 4.90 Å². The lowest BCUT2D eigenvalue weighted by Gasteiger charge is -2.54. The summed E-state index contributed by atoms with van der Waals surface area (Å²) in [4.78, 5) is 39.3. The van der Waals surface area contributed by atoms with E-state index < -0.39 is 45.4 Å². The summed E-state index contributed by atoms with van der Waals surface area (Å²) in [5, 5.41) is 0. The lowest BCUT2D eigenvalue weighted by molar-refractivity contribution is -0.159. The number of nitrogens with zero attached hydrogens (tertiary/aromatic N) is 1. The number of likely N-dealkylation sites (tertiary alicyclic amines) is 1. The van der Waals surface area contributed by atoms with Crippen LogP contribution in [0.3, 0.4) is 0 Å². The molecular weight excluding hydrogens is 565 g/mol. The van der Waals surface area contributed by atoms with Crippen molar-refractivity contribution in [1.29, 1.82) is 0 Å². The van der Waals surface area contributed by atoms with Crippen molar-refractivity contribution in [2.45, 2.75) is 29.3 Å². The van der Waals surface area contributed by atoms with Crippen molar-refractivity contribution in [2.75, 3.05) is 0 Å². The van der Waals surface area contributed by atoms with Gasteiger partial charge in [-0.2, -0.15) is 0 Å². The topological polar surface area (TPSA) is 63.7 Å². The number of hydrogen-bond acceptors (Lipinski definition) is 4. The van der Waals surface area contributed by atoms with E-state index in [-0.39, 0.29) is 6.61 Å². The Balaban J connectivity index is 1.38. The van der Waals surface area contributed by atoms with Gasteiger partial charge in [0.15, 0.2) is 0 Å². The first-order chi connectivity index (χ1) is 17.2. The predicted molar refractivity (Wildman–Crippen MR) is 138 cm³/mol. The van der Waals surface area contributed by atoms with Crippen LogP contribution in [0.5, 0.6) is 0 Å². The van der Waals surface area contributed by atoms with Crippen LogP contribution in [-0.4, -0.2) is 28.7 Å². The number of halogens is 3. The van der Waals surface area contributed by atoms with Crippen LogP contribution >= 0.6 is 39.1 Å². The largest absolute Gasteiger partial charge is 0.459 e. The minimum Gasteiger partial charge on any atom is -0.459 e. The molecule has 1 heterocycles. The molecule has 2 bridgehead atoms. The Labute approximate surface area is 226 Å². The Bertz CT molecular complexity index is 1320. The number of imide groups is 1. The minimum atomic E-state index is -1.28. The minimum absolute atomic E-state index is 0.0231. The van der Waals surface area contributed by atoms with E-state index in [2.05, 4.69) is 15.9 Å². The van der Waals surface area contributed by atoms with E-state index in [0.29, 0.717) is 0 Å². The highest BCUT2D eigenvalue weighted by molar-refractivity contribution is 9.10. The molecule has 7 rings (SSSR count). The zero-order valence-corrected chi connectivity index (χ0v) is 22.2. The van der Waals surface area contributed by atoms with E-state index in [1.165, 1.54) is 6.92 Å². The molecule has 3 aliphatic carbocycles. The second kappa shape index (κ2) is 8.17. The van der Waals surface area contributed by atoms with Crippen molar-refractivity contribution in [2.24, 2.45) is 11.8 Å². The van der Waals surface area contributed by atoms with Gasteiger partial charge in [0, 0.05) is 4.47 Å². The first-order valence-electron chi connectivity index (χ1n) is 11.6. The van der Waals surface area contributed by atoms with Crippen LogP contribution in [0.25, 0.3) is 0 Å². The highest BCUT2D eigenvalue weighted by Crippen LogP contribution is 2.69. The second-order valence-corrected chi connectivity index (χ2v) is 11.5. The average molecular weight is 585 g/mol. The maximum atomic E-state index is 13.9. The predicted octanol–water partition coefficient (Wildman–Crippen LogP) is 5.47. The van der Waals surface area contributed by atoms with Gasteiger partial charge in [-0.3, -0.25) is 14.5 Å². The van der Waals surface area contributed by atoms with E-state index in [1.807, 2.05) is 72.8 Å². The first-order valence-corrected chi connectivity index (χ1v) is 13.1. The normalized spacial score (nSPS) is 28.4.